The van der Waals surface area contributed by atoms with E-state index in [4.69, 9.17) is 21.1 Å². The normalized spacial score (nSPS) is 16.0. The third-order valence-electron chi connectivity index (χ3n) is 5.71. The highest BCUT2D eigenvalue weighted by atomic mass is 35.5. The van der Waals surface area contributed by atoms with Crippen LogP contribution in [0.4, 0.5) is 5.69 Å². The molecule has 1 saturated heterocycles. The Morgan fingerprint density at radius 1 is 1.00 bits per heavy atom. The lowest BCUT2D eigenvalue weighted by Gasteiger charge is -2.37. The van der Waals surface area contributed by atoms with Gasteiger partial charge in [0.1, 0.15) is 12.4 Å². The topological polar surface area (TPSA) is 45.2 Å². The molecular formula is C25H35ClN2O3. The standard InChI is InChI=1S/C25H35ClN2O3/c1-19(2)21-5-8-24(9-6-21)31-15-14-30-18-23(29)17-27-10-12-28(13-11-27)25-16-22(26)7-4-20(25)3/h4-9,16,19,23,29H,10-15,17-18H2,1-3H3/t23-/m1/s1. The van der Waals surface area contributed by atoms with Gasteiger partial charge >= 0.3 is 0 Å². The third-order valence-corrected chi connectivity index (χ3v) is 5.94. The van der Waals surface area contributed by atoms with Crippen molar-refractivity contribution in [3.05, 3.63) is 58.6 Å². The summed E-state index contributed by atoms with van der Waals surface area (Å²) in [4.78, 5) is 4.66. The maximum atomic E-state index is 10.3. The number of nitrogens with zero attached hydrogens (tertiary/aromatic N) is 2. The third kappa shape index (κ3) is 7.39. The zero-order valence-corrected chi connectivity index (χ0v) is 19.6. The minimum Gasteiger partial charge on any atom is -0.491 e. The number of aliphatic hydroxyl groups excluding tert-OH is 1. The summed E-state index contributed by atoms with van der Waals surface area (Å²) in [6, 6.07) is 14.2. The largest absolute Gasteiger partial charge is 0.491 e. The van der Waals surface area contributed by atoms with Crippen molar-refractivity contribution in [1.29, 1.82) is 0 Å². The van der Waals surface area contributed by atoms with Gasteiger partial charge in [-0.25, -0.2) is 0 Å². The molecule has 1 aliphatic heterocycles. The van der Waals surface area contributed by atoms with Crippen LogP contribution in [-0.2, 0) is 4.74 Å². The molecule has 0 unspecified atom stereocenters. The predicted octanol–water partition coefficient (Wildman–Crippen LogP) is 4.35. The average Bonchev–Trinajstić information content (AvgIpc) is 2.76. The van der Waals surface area contributed by atoms with Crippen molar-refractivity contribution >= 4 is 17.3 Å². The summed E-state index contributed by atoms with van der Waals surface area (Å²) in [7, 11) is 0. The van der Waals surface area contributed by atoms with Gasteiger partial charge < -0.3 is 19.5 Å². The van der Waals surface area contributed by atoms with E-state index in [-0.39, 0.29) is 0 Å². The number of piperazine rings is 1. The molecule has 1 aliphatic rings. The quantitative estimate of drug-likeness (QED) is 0.550. The fourth-order valence-electron chi connectivity index (χ4n) is 3.83. The van der Waals surface area contributed by atoms with E-state index in [1.165, 1.54) is 16.8 Å². The Kier molecular flexibility index (Phi) is 9.02. The SMILES string of the molecule is Cc1ccc(Cl)cc1N1CCN(C[C@@H](O)COCCOc2ccc(C(C)C)cc2)CC1. The molecule has 1 atom stereocenters. The number of aryl methyl sites for hydroxylation is 1. The van der Waals surface area contributed by atoms with Crippen molar-refractivity contribution in [3.63, 3.8) is 0 Å². The number of anilines is 1. The molecule has 170 valence electrons. The number of ether oxygens (including phenoxy) is 2. The van der Waals surface area contributed by atoms with Crippen LogP contribution in [0.1, 0.15) is 30.9 Å². The average molecular weight is 447 g/mol. The Morgan fingerprint density at radius 2 is 1.71 bits per heavy atom. The zero-order chi connectivity index (χ0) is 22.2. The number of halogens is 1. The lowest BCUT2D eigenvalue weighted by atomic mass is 10.0. The summed E-state index contributed by atoms with van der Waals surface area (Å²) in [5.41, 5.74) is 3.74. The highest BCUT2D eigenvalue weighted by Gasteiger charge is 2.20. The van der Waals surface area contributed by atoms with E-state index in [0.717, 1.165) is 37.0 Å². The first kappa shape index (κ1) is 23.9. The minimum atomic E-state index is -0.496. The molecule has 6 heteroatoms. The van der Waals surface area contributed by atoms with Crippen LogP contribution in [-0.4, -0.2) is 68.7 Å². The Morgan fingerprint density at radius 3 is 2.39 bits per heavy atom. The number of hydrogen-bond acceptors (Lipinski definition) is 5. The van der Waals surface area contributed by atoms with E-state index in [1.807, 2.05) is 24.3 Å². The summed E-state index contributed by atoms with van der Waals surface area (Å²) in [5.74, 6) is 1.36. The van der Waals surface area contributed by atoms with E-state index >= 15 is 0 Å². The molecule has 2 aromatic rings. The highest BCUT2D eigenvalue weighted by molar-refractivity contribution is 6.30. The van der Waals surface area contributed by atoms with Crippen LogP contribution in [0.5, 0.6) is 5.75 Å². The van der Waals surface area contributed by atoms with Gasteiger partial charge in [0.15, 0.2) is 0 Å². The van der Waals surface area contributed by atoms with Crippen LogP contribution in [0.15, 0.2) is 42.5 Å². The summed E-state index contributed by atoms with van der Waals surface area (Å²) < 4.78 is 11.3. The van der Waals surface area contributed by atoms with Crippen molar-refractivity contribution in [3.8, 4) is 5.75 Å². The van der Waals surface area contributed by atoms with Gasteiger partial charge in [-0.15, -0.1) is 0 Å². The van der Waals surface area contributed by atoms with E-state index in [9.17, 15) is 5.11 Å². The lowest BCUT2D eigenvalue weighted by Crippen LogP contribution is -2.49. The molecule has 0 saturated carbocycles. The smallest absolute Gasteiger partial charge is 0.119 e. The highest BCUT2D eigenvalue weighted by Crippen LogP contribution is 2.25. The molecule has 0 aliphatic carbocycles. The molecule has 0 bridgehead atoms. The van der Waals surface area contributed by atoms with Crippen molar-refractivity contribution < 1.29 is 14.6 Å². The van der Waals surface area contributed by atoms with E-state index < -0.39 is 6.10 Å². The molecule has 1 N–H and O–H groups in total. The van der Waals surface area contributed by atoms with Gasteiger partial charge in [0.25, 0.3) is 0 Å². The summed E-state index contributed by atoms with van der Waals surface area (Å²) in [5, 5.41) is 11.1. The maximum Gasteiger partial charge on any atom is 0.119 e. The monoisotopic (exact) mass is 446 g/mol. The van der Waals surface area contributed by atoms with Gasteiger partial charge in [0.05, 0.1) is 19.3 Å². The Labute approximate surface area is 191 Å². The van der Waals surface area contributed by atoms with E-state index in [2.05, 4.69) is 48.8 Å². The molecule has 2 aromatic carbocycles. The molecule has 0 amide bonds. The lowest BCUT2D eigenvalue weighted by molar-refractivity contribution is 0.00718. The molecule has 0 radical (unpaired) electrons. The molecule has 1 heterocycles. The Balaban J connectivity index is 1.30. The number of rotatable bonds is 10. The molecule has 5 nitrogen and oxygen atoms in total. The van der Waals surface area contributed by atoms with Gasteiger partial charge in [-0.2, -0.15) is 0 Å². The van der Waals surface area contributed by atoms with Crippen molar-refractivity contribution in [1.82, 2.24) is 4.90 Å². The second-order valence-corrected chi connectivity index (χ2v) is 8.96. The molecule has 0 spiro atoms. The first-order valence-electron chi connectivity index (χ1n) is 11.1. The van der Waals surface area contributed by atoms with Crippen LogP contribution in [0.2, 0.25) is 5.02 Å². The molecule has 31 heavy (non-hydrogen) atoms. The van der Waals surface area contributed by atoms with Gasteiger partial charge in [-0.1, -0.05) is 43.6 Å². The molecule has 1 fully saturated rings. The van der Waals surface area contributed by atoms with Crippen LogP contribution in [0, 0.1) is 6.92 Å². The number of benzene rings is 2. The van der Waals surface area contributed by atoms with E-state index in [0.29, 0.717) is 32.3 Å². The minimum absolute atomic E-state index is 0.323. The number of β-amino-alcohol motifs (C(OH)–C–C–N with tert-alkyl or cyclic N) is 1. The van der Waals surface area contributed by atoms with Gasteiger partial charge in [0.2, 0.25) is 0 Å². The van der Waals surface area contributed by atoms with Crippen molar-refractivity contribution in [2.24, 2.45) is 0 Å². The predicted molar refractivity (Wildman–Crippen MR) is 128 cm³/mol. The fraction of sp³-hybridized carbons (Fsp3) is 0.520. The zero-order valence-electron chi connectivity index (χ0n) is 18.9. The fourth-order valence-corrected chi connectivity index (χ4v) is 4.00. The van der Waals surface area contributed by atoms with Crippen LogP contribution < -0.4 is 9.64 Å². The summed E-state index contributed by atoms with van der Waals surface area (Å²) >= 11 is 6.16. The Bertz CT molecular complexity index is 805. The van der Waals surface area contributed by atoms with Crippen LogP contribution >= 0.6 is 11.6 Å². The first-order chi connectivity index (χ1) is 14.9. The van der Waals surface area contributed by atoms with Crippen molar-refractivity contribution in [2.45, 2.75) is 32.8 Å². The summed E-state index contributed by atoms with van der Waals surface area (Å²) in [6.45, 7) is 12.0. The first-order valence-corrected chi connectivity index (χ1v) is 11.5. The second kappa shape index (κ2) is 11.7. The van der Waals surface area contributed by atoms with Crippen molar-refractivity contribution in [2.75, 3.05) is 57.4 Å². The molecule has 0 aromatic heterocycles. The Hall–Kier alpha value is -1.79. The van der Waals surface area contributed by atoms with Gasteiger partial charge in [0, 0.05) is 43.4 Å². The van der Waals surface area contributed by atoms with E-state index in [1.54, 1.807) is 0 Å². The maximum absolute atomic E-state index is 10.3. The molecular weight excluding hydrogens is 412 g/mol. The second-order valence-electron chi connectivity index (χ2n) is 8.52. The van der Waals surface area contributed by atoms with Gasteiger partial charge in [-0.3, -0.25) is 4.90 Å². The summed E-state index contributed by atoms with van der Waals surface area (Å²) in [6.07, 6.45) is -0.496. The van der Waals surface area contributed by atoms with Crippen LogP contribution in [0.3, 0.4) is 0 Å². The van der Waals surface area contributed by atoms with Crippen LogP contribution in [0.25, 0.3) is 0 Å². The van der Waals surface area contributed by atoms with Gasteiger partial charge in [-0.05, 0) is 48.2 Å². The number of aliphatic hydroxyl groups is 1. The molecule has 3 rings (SSSR count). The number of hydrogen-bond donors (Lipinski definition) is 1.